The first kappa shape index (κ1) is 12.0. The highest BCUT2D eigenvalue weighted by molar-refractivity contribution is 5.92. The van der Waals surface area contributed by atoms with Crippen LogP contribution in [0.4, 0.5) is 5.69 Å². The Morgan fingerprint density at radius 3 is 3.00 bits per heavy atom. The highest BCUT2D eigenvalue weighted by Crippen LogP contribution is 2.14. The van der Waals surface area contributed by atoms with Crippen molar-refractivity contribution in [1.29, 1.82) is 0 Å². The van der Waals surface area contributed by atoms with Crippen molar-refractivity contribution < 1.29 is 9.53 Å². The van der Waals surface area contributed by atoms with Gasteiger partial charge in [-0.2, -0.15) is 10.2 Å². The van der Waals surface area contributed by atoms with Crippen molar-refractivity contribution in [2.45, 2.75) is 13.8 Å². The van der Waals surface area contributed by atoms with Crippen LogP contribution < -0.4 is 5.73 Å². The second-order valence-electron chi connectivity index (χ2n) is 3.69. The molecule has 2 rings (SSSR count). The molecule has 0 aliphatic carbocycles. The standard InChI is InChI=1S/C11H13N5O2/c1-3-18-11(17)10-8(12)6-16(15-10)9-4-7(2)5-13-14-9/h4-6H,3,12H2,1-2H3. The maximum absolute atomic E-state index is 11.6. The van der Waals surface area contributed by atoms with Gasteiger partial charge in [0.15, 0.2) is 11.5 Å². The quantitative estimate of drug-likeness (QED) is 0.803. The molecule has 7 nitrogen and oxygen atoms in total. The van der Waals surface area contributed by atoms with Gasteiger partial charge in [0.2, 0.25) is 0 Å². The Hall–Kier alpha value is -2.44. The van der Waals surface area contributed by atoms with Gasteiger partial charge in [0.05, 0.1) is 24.7 Å². The minimum Gasteiger partial charge on any atom is -0.461 e. The third-order valence-electron chi connectivity index (χ3n) is 2.22. The van der Waals surface area contributed by atoms with Crippen molar-refractivity contribution in [3.63, 3.8) is 0 Å². The fourth-order valence-electron chi connectivity index (χ4n) is 1.42. The number of rotatable bonds is 3. The summed E-state index contributed by atoms with van der Waals surface area (Å²) < 4.78 is 6.26. The van der Waals surface area contributed by atoms with E-state index in [0.29, 0.717) is 5.82 Å². The first-order chi connectivity index (χ1) is 8.61. The Balaban J connectivity index is 2.37. The predicted molar refractivity (Wildman–Crippen MR) is 64.3 cm³/mol. The van der Waals surface area contributed by atoms with Crippen LogP contribution in [0.5, 0.6) is 0 Å². The number of aryl methyl sites for hydroxylation is 1. The van der Waals surface area contributed by atoms with Crippen LogP contribution in [0.25, 0.3) is 5.82 Å². The number of hydrogen-bond acceptors (Lipinski definition) is 6. The van der Waals surface area contributed by atoms with Gasteiger partial charge in [-0.25, -0.2) is 9.48 Å². The molecule has 0 saturated carbocycles. The molecular formula is C11H13N5O2. The van der Waals surface area contributed by atoms with E-state index in [1.54, 1.807) is 19.2 Å². The molecule has 0 aliphatic rings. The highest BCUT2D eigenvalue weighted by Gasteiger charge is 2.17. The number of hydrogen-bond donors (Lipinski definition) is 1. The molecule has 2 aromatic rings. The average molecular weight is 247 g/mol. The van der Waals surface area contributed by atoms with Crippen LogP contribution in [0.15, 0.2) is 18.5 Å². The Morgan fingerprint density at radius 1 is 1.56 bits per heavy atom. The minimum absolute atomic E-state index is 0.0835. The molecule has 0 bridgehead atoms. The van der Waals surface area contributed by atoms with E-state index in [1.807, 2.05) is 6.92 Å². The van der Waals surface area contributed by atoms with E-state index < -0.39 is 5.97 Å². The monoisotopic (exact) mass is 247 g/mol. The Kier molecular flexibility index (Phi) is 3.22. The third-order valence-corrected chi connectivity index (χ3v) is 2.22. The highest BCUT2D eigenvalue weighted by atomic mass is 16.5. The zero-order valence-corrected chi connectivity index (χ0v) is 10.1. The number of ether oxygens (including phenoxy) is 1. The predicted octanol–water partition coefficient (Wildman–Crippen LogP) is 0.730. The first-order valence-corrected chi connectivity index (χ1v) is 5.43. The lowest BCUT2D eigenvalue weighted by molar-refractivity contribution is 0.0520. The summed E-state index contributed by atoms with van der Waals surface area (Å²) in [5, 5.41) is 11.8. The summed E-state index contributed by atoms with van der Waals surface area (Å²) in [4.78, 5) is 11.6. The largest absolute Gasteiger partial charge is 0.461 e. The number of nitrogens with two attached hydrogens (primary N) is 1. The fourth-order valence-corrected chi connectivity index (χ4v) is 1.42. The lowest BCUT2D eigenvalue weighted by Gasteiger charge is -1.99. The maximum Gasteiger partial charge on any atom is 0.361 e. The average Bonchev–Trinajstić information content (AvgIpc) is 2.72. The maximum atomic E-state index is 11.6. The van der Waals surface area contributed by atoms with E-state index in [-0.39, 0.29) is 18.0 Å². The van der Waals surface area contributed by atoms with Crippen LogP contribution in [0.1, 0.15) is 23.0 Å². The SMILES string of the molecule is CCOC(=O)c1nn(-c2cc(C)cnn2)cc1N. The summed E-state index contributed by atoms with van der Waals surface area (Å²) >= 11 is 0. The van der Waals surface area contributed by atoms with Crippen molar-refractivity contribution in [2.24, 2.45) is 0 Å². The molecule has 0 aromatic carbocycles. The van der Waals surface area contributed by atoms with Crippen molar-refractivity contribution in [1.82, 2.24) is 20.0 Å². The first-order valence-electron chi connectivity index (χ1n) is 5.43. The third kappa shape index (κ3) is 2.29. The molecule has 0 radical (unpaired) electrons. The van der Waals surface area contributed by atoms with Gasteiger partial charge in [-0.15, -0.1) is 5.10 Å². The van der Waals surface area contributed by atoms with E-state index >= 15 is 0 Å². The van der Waals surface area contributed by atoms with Gasteiger partial charge in [0.25, 0.3) is 0 Å². The molecule has 0 unspecified atom stereocenters. The Labute approximate surface area is 104 Å². The normalized spacial score (nSPS) is 10.3. The Morgan fingerprint density at radius 2 is 2.33 bits per heavy atom. The second kappa shape index (κ2) is 4.82. The lowest BCUT2D eigenvalue weighted by Crippen LogP contribution is -2.09. The van der Waals surface area contributed by atoms with Gasteiger partial charge in [-0.1, -0.05) is 0 Å². The zero-order chi connectivity index (χ0) is 13.1. The lowest BCUT2D eigenvalue weighted by atomic mass is 10.3. The molecule has 94 valence electrons. The van der Waals surface area contributed by atoms with E-state index in [0.717, 1.165) is 5.56 Å². The van der Waals surface area contributed by atoms with E-state index in [1.165, 1.54) is 10.9 Å². The van der Waals surface area contributed by atoms with Crippen molar-refractivity contribution in [3.8, 4) is 5.82 Å². The molecule has 2 aromatic heterocycles. The van der Waals surface area contributed by atoms with Crippen LogP contribution in [0.2, 0.25) is 0 Å². The van der Waals surface area contributed by atoms with Crippen molar-refractivity contribution >= 4 is 11.7 Å². The molecule has 0 saturated heterocycles. The summed E-state index contributed by atoms with van der Waals surface area (Å²) in [6, 6.07) is 1.79. The number of aromatic nitrogens is 4. The molecule has 7 heteroatoms. The van der Waals surface area contributed by atoms with Gasteiger partial charge < -0.3 is 10.5 Å². The number of nitrogen functional groups attached to an aromatic ring is 1. The van der Waals surface area contributed by atoms with Gasteiger partial charge in [-0.05, 0) is 25.5 Å². The number of nitrogens with zero attached hydrogens (tertiary/aromatic N) is 4. The number of carbonyl (C=O) groups excluding carboxylic acids is 1. The van der Waals surface area contributed by atoms with Crippen LogP contribution in [-0.4, -0.2) is 32.6 Å². The van der Waals surface area contributed by atoms with Crippen molar-refractivity contribution in [3.05, 3.63) is 29.7 Å². The van der Waals surface area contributed by atoms with Crippen molar-refractivity contribution in [2.75, 3.05) is 12.3 Å². The molecule has 0 atom stereocenters. The summed E-state index contributed by atoms with van der Waals surface area (Å²) in [7, 11) is 0. The van der Waals surface area contributed by atoms with Gasteiger partial charge in [-0.3, -0.25) is 0 Å². The summed E-state index contributed by atoms with van der Waals surface area (Å²) in [5.74, 6) is -0.0494. The van der Waals surface area contributed by atoms with Crippen LogP contribution in [0.3, 0.4) is 0 Å². The molecule has 0 spiro atoms. The minimum atomic E-state index is -0.547. The number of anilines is 1. The van der Waals surface area contributed by atoms with E-state index in [9.17, 15) is 4.79 Å². The zero-order valence-electron chi connectivity index (χ0n) is 10.1. The number of carbonyl (C=O) groups is 1. The van der Waals surface area contributed by atoms with E-state index in [2.05, 4.69) is 15.3 Å². The van der Waals surface area contributed by atoms with E-state index in [4.69, 9.17) is 10.5 Å². The Bertz CT molecular complexity index is 579. The fraction of sp³-hybridized carbons (Fsp3) is 0.273. The molecule has 0 amide bonds. The second-order valence-corrected chi connectivity index (χ2v) is 3.69. The smallest absolute Gasteiger partial charge is 0.361 e. The molecule has 18 heavy (non-hydrogen) atoms. The summed E-state index contributed by atoms with van der Waals surface area (Å²) in [6.07, 6.45) is 3.14. The van der Waals surface area contributed by atoms with Crippen LogP contribution in [0, 0.1) is 6.92 Å². The summed E-state index contributed by atoms with van der Waals surface area (Å²) in [6.45, 7) is 3.88. The topological polar surface area (TPSA) is 95.9 Å². The summed E-state index contributed by atoms with van der Waals surface area (Å²) in [5.41, 5.74) is 6.98. The van der Waals surface area contributed by atoms with Gasteiger partial charge in [0.1, 0.15) is 0 Å². The molecular weight excluding hydrogens is 234 g/mol. The molecule has 2 N–H and O–H groups in total. The number of esters is 1. The van der Waals surface area contributed by atoms with Gasteiger partial charge >= 0.3 is 5.97 Å². The molecule has 0 aliphatic heterocycles. The molecule has 2 heterocycles. The van der Waals surface area contributed by atoms with Gasteiger partial charge in [0, 0.05) is 0 Å². The molecule has 0 fully saturated rings. The van der Waals surface area contributed by atoms with Crippen LogP contribution >= 0.6 is 0 Å². The van der Waals surface area contributed by atoms with Crippen LogP contribution in [-0.2, 0) is 4.74 Å².